The van der Waals surface area contributed by atoms with Crippen LogP contribution in [0.3, 0.4) is 0 Å². The van der Waals surface area contributed by atoms with Gasteiger partial charge in [0.1, 0.15) is 18.5 Å². The van der Waals surface area contributed by atoms with E-state index in [0.717, 1.165) is 37.5 Å². The van der Waals surface area contributed by atoms with Crippen LogP contribution < -0.4 is 4.74 Å². The van der Waals surface area contributed by atoms with Crippen molar-refractivity contribution in [2.24, 2.45) is 0 Å². The van der Waals surface area contributed by atoms with Crippen molar-refractivity contribution in [1.29, 1.82) is 0 Å². The molecule has 4 rings (SSSR count). The number of piperazine rings is 1. The first kappa shape index (κ1) is 21.6. The van der Waals surface area contributed by atoms with Gasteiger partial charge in [-0.2, -0.15) is 0 Å². The lowest BCUT2D eigenvalue weighted by Gasteiger charge is -2.40. The van der Waals surface area contributed by atoms with Gasteiger partial charge in [0.05, 0.1) is 6.04 Å². The molecule has 0 bridgehead atoms. The van der Waals surface area contributed by atoms with Crippen LogP contribution >= 0.6 is 0 Å². The topological polar surface area (TPSA) is 35.9 Å². The first-order chi connectivity index (χ1) is 15.2. The highest BCUT2D eigenvalue weighted by Gasteiger charge is 2.27. The lowest BCUT2D eigenvalue weighted by molar-refractivity contribution is 0.0399. The number of hydrogen-bond donors (Lipinski definition) is 1. The fourth-order valence-corrected chi connectivity index (χ4v) is 4.34. The minimum atomic E-state index is -0.495. The zero-order chi connectivity index (χ0) is 21.5. The highest BCUT2D eigenvalue weighted by molar-refractivity contribution is 5.32. The Morgan fingerprint density at radius 3 is 1.90 bits per heavy atom. The molecule has 1 heterocycles. The van der Waals surface area contributed by atoms with Gasteiger partial charge in [-0.15, -0.1) is 0 Å². The molecule has 0 spiro atoms. The van der Waals surface area contributed by atoms with Crippen LogP contribution in [0.15, 0.2) is 84.9 Å². The van der Waals surface area contributed by atoms with Crippen molar-refractivity contribution < 1.29 is 9.84 Å². The van der Waals surface area contributed by atoms with Crippen LogP contribution in [0.1, 0.15) is 22.7 Å². The number of rotatable bonds is 8. The predicted octanol–water partition coefficient (Wildman–Crippen LogP) is 4.14. The van der Waals surface area contributed by atoms with Gasteiger partial charge in [0.25, 0.3) is 0 Å². The van der Waals surface area contributed by atoms with Crippen molar-refractivity contribution in [3.8, 4) is 5.75 Å². The normalized spacial score (nSPS) is 16.4. The highest BCUT2D eigenvalue weighted by atomic mass is 16.5. The number of ether oxygens (including phenoxy) is 1. The molecule has 0 aliphatic carbocycles. The summed E-state index contributed by atoms with van der Waals surface area (Å²) in [6.45, 7) is 6.81. The molecule has 0 amide bonds. The quantitative estimate of drug-likeness (QED) is 0.599. The van der Waals surface area contributed by atoms with Crippen LogP contribution in [0, 0.1) is 6.92 Å². The average Bonchev–Trinajstić information content (AvgIpc) is 2.81. The third-order valence-electron chi connectivity index (χ3n) is 6.00. The fraction of sp³-hybridized carbons (Fsp3) is 0.333. The predicted molar refractivity (Wildman–Crippen MR) is 125 cm³/mol. The molecule has 0 radical (unpaired) electrons. The second kappa shape index (κ2) is 10.6. The monoisotopic (exact) mass is 416 g/mol. The number of hydrogen-bond acceptors (Lipinski definition) is 4. The summed E-state index contributed by atoms with van der Waals surface area (Å²) >= 11 is 0. The summed E-state index contributed by atoms with van der Waals surface area (Å²) < 4.78 is 5.83. The van der Waals surface area contributed by atoms with E-state index < -0.39 is 6.10 Å². The molecular formula is C27H32N2O2. The molecule has 0 aromatic heterocycles. The van der Waals surface area contributed by atoms with E-state index in [1.54, 1.807) is 0 Å². The molecule has 162 valence electrons. The molecular weight excluding hydrogens is 384 g/mol. The average molecular weight is 417 g/mol. The van der Waals surface area contributed by atoms with Gasteiger partial charge in [0.2, 0.25) is 0 Å². The Morgan fingerprint density at radius 1 is 0.774 bits per heavy atom. The van der Waals surface area contributed by atoms with Gasteiger partial charge in [-0.25, -0.2) is 0 Å². The zero-order valence-electron chi connectivity index (χ0n) is 18.2. The Morgan fingerprint density at radius 2 is 1.32 bits per heavy atom. The number of aryl methyl sites for hydroxylation is 1. The molecule has 3 aromatic rings. The van der Waals surface area contributed by atoms with Crippen LogP contribution in [-0.4, -0.2) is 60.3 Å². The molecule has 4 heteroatoms. The molecule has 4 nitrogen and oxygen atoms in total. The smallest absolute Gasteiger partial charge is 0.122 e. The maximum atomic E-state index is 10.5. The summed E-state index contributed by atoms with van der Waals surface area (Å²) in [7, 11) is 0. The Labute approximate surface area is 185 Å². The van der Waals surface area contributed by atoms with Crippen molar-refractivity contribution in [2.45, 2.75) is 19.1 Å². The fourth-order valence-electron chi connectivity index (χ4n) is 4.34. The van der Waals surface area contributed by atoms with Gasteiger partial charge in [0, 0.05) is 32.7 Å². The van der Waals surface area contributed by atoms with Crippen molar-refractivity contribution in [3.05, 3.63) is 102 Å². The largest absolute Gasteiger partial charge is 0.491 e. The molecule has 0 unspecified atom stereocenters. The second-order valence-electron chi connectivity index (χ2n) is 8.29. The molecule has 0 saturated carbocycles. The van der Waals surface area contributed by atoms with Crippen molar-refractivity contribution in [1.82, 2.24) is 9.80 Å². The van der Waals surface area contributed by atoms with Crippen LogP contribution in [0.25, 0.3) is 0 Å². The Kier molecular flexibility index (Phi) is 7.36. The standard InChI is InChI=1S/C27H32N2O2/c1-22-10-8-9-15-26(22)31-21-25(30)20-28-16-18-29(19-17-28)27(23-11-4-2-5-12-23)24-13-6-3-7-14-24/h2-15,25,27,30H,16-21H2,1H3/t25-/m1/s1. The third kappa shape index (κ3) is 5.73. The summed E-state index contributed by atoms with van der Waals surface area (Å²) in [5, 5.41) is 10.5. The van der Waals surface area contributed by atoms with Crippen LogP contribution in [0.5, 0.6) is 5.75 Å². The van der Waals surface area contributed by atoms with Gasteiger partial charge < -0.3 is 9.84 Å². The minimum absolute atomic E-state index is 0.263. The molecule has 1 atom stereocenters. The van der Waals surface area contributed by atoms with Gasteiger partial charge in [0.15, 0.2) is 0 Å². The van der Waals surface area contributed by atoms with E-state index in [4.69, 9.17) is 4.74 Å². The number of nitrogens with zero attached hydrogens (tertiary/aromatic N) is 2. The number of aliphatic hydroxyl groups excluding tert-OH is 1. The molecule has 1 aliphatic heterocycles. The number of β-amino-alcohol motifs (C(OH)–C–C–N with tert-alkyl or cyclic N) is 1. The Hall–Kier alpha value is -2.66. The minimum Gasteiger partial charge on any atom is -0.491 e. The molecule has 1 saturated heterocycles. The van der Waals surface area contributed by atoms with Crippen molar-refractivity contribution in [2.75, 3.05) is 39.3 Å². The first-order valence-electron chi connectivity index (χ1n) is 11.1. The van der Waals surface area contributed by atoms with Gasteiger partial charge in [-0.3, -0.25) is 9.80 Å². The Bertz CT molecular complexity index is 885. The van der Waals surface area contributed by atoms with Crippen LogP contribution in [0.4, 0.5) is 0 Å². The highest BCUT2D eigenvalue weighted by Crippen LogP contribution is 2.29. The molecule has 1 aliphatic rings. The summed E-state index contributed by atoms with van der Waals surface area (Å²) in [6, 6.07) is 29.7. The van der Waals surface area contributed by atoms with E-state index in [2.05, 4.69) is 70.5 Å². The SMILES string of the molecule is Cc1ccccc1OC[C@H](O)CN1CCN(C(c2ccccc2)c2ccccc2)CC1. The molecule has 1 fully saturated rings. The summed E-state index contributed by atoms with van der Waals surface area (Å²) in [5.41, 5.74) is 3.75. The van der Waals surface area contributed by atoms with E-state index >= 15 is 0 Å². The zero-order valence-corrected chi connectivity index (χ0v) is 18.2. The summed E-state index contributed by atoms with van der Waals surface area (Å²) in [6.07, 6.45) is -0.495. The Balaban J connectivity index is 1.33. The van der Waals surface area contributed by atoms with E-state index in [0.29, 0.717) is 13.2 Å². The maximum absolute atomic E-state index is 10.5. The number of aliphatic hydroxyl groups is 1. The lowest BCUT2D eigenvalue weighted by atomic mass is 9.96. The molecule has 3 aromatic carbocycles. The van der Waals surface area contributed by atoms with E-state index in [9.17, 15) is 5.11 Å². The van der Waals surface area contributed by atoms with Crippen LogP contribution in [0.2, 0.25) is 0 Å². The molecule has 31 heavy (non-hydrogen) atoms. The van der Waals surface area contributed by atoms with Gasteiger partial charge >= 0.3 is 0 Å². The van der Waals surface area contributed by atoms with Crippen molar-refractivity contribution >= 4 is 0 Å². The lowest BCUT2D eigenvalue weighted by Crippen LogP contribution is -2.50. The van der Waals surface area contributed by atoms with Gasteiger partial charge in [-0.1, -0.05) is 78.9 Å². The number of para-hydroxylation sites is 1. The van der Waals surface area contributed by atoms with E-state index in [-0.39, 0.29) is 6.04 Å². The summed E-state index contributed by atoms with van der Waals surface area (Å²) in [5.74, 6) is 0.847. The van der Waals surface area contributed by atoms with E-state index in [1.165, 1.54) is 11.1 Å². The van der Waals surface area contributed by atoms with E-state index in [1.807, 2.05) is 31.2 Å². The van der Waals surface area contributed by atoms with Crippen molar-refractivity contribution in [3.63, 3.8) is 0 Å². The second-order valence-corrected chi connectivity index (χ2v) is 8.29. The van der Waals surface area contributed by atoms with Crippen LogP contribution in [-0.2, 0) is 0 Å². The summed E-state index contributed by atoms with van der Waals surface area (Å²) in [4.78, 5) is 4.90. The third-order valence-corrected chi connectivity index (χ3v) is 6.00. The maximum Gasteiger partial charge on any atom is 0.122 e. The number of benzene rings is 3. The van der Waals surface area contributed by atoms with Gasteiger partial charge in [-0.05, 0) is 29.7 Å². The first-order valence-corrected chi connectivity index (χ1v) is 11.1. The molecule has 1 N–H and O–H groups in total.